The van der Waals surface area contributed by atoms with Gasteiger partial charge in [-0.3, -0.25) is 0 Å². The summed E-state index contributed by atoms with van der Waals surface area (Å²) in [7, 11) is 0. The number of rotatable bonds is 1. The summed E-state index contributed by atoms with van der Waals surface area (Å²) in [4.78, 5) is 10.1. The van der Waals surface area contributed by atoms with Crippen LogP contribution in [0.25, 0.3) is 0 Å². The van der Waals surface area contributed by atoms with Crippen LogP contribution in [0.2, 0.25) is 0 Å². The second-order valence-corrected chi connectivity index (χ2v) is 8.13. The monoisotopic (exact) mass is 360 g/mol. The third kappa shape index (κ3) is 2.97. The highest BCUT2D eigenvalue weighted by Crippen LogP contribution is 2.40. The van der Waals surface area contributed by atoms with E-state index in [1.54, 1.807) is 0 Å². The van der Waals surface area contributed by atoms with Gasteiger partial charge in [0, 0.05) is 43.1 Å². The number of aliphatic imine (C=N–C) groups is 1. The Kier molecular flexibility index (Phi) is 4.07. The average Bonchev–Trinajstić information content (AvgIpc) is 2.70. The molecule has 4 nitrogen and oxygen atoms in total. The quantitative estimate of drug-likeness (QED) is 0.823. The van der Waals surface area contributed by atoms with E-state index in [1.807, 2.05) is 0 Å². The molecule has 1 saturated heterocycles. The maximum Gasteiger partial charge on any atom is 0.199 e. The Morgan fingerprint density at radius 2 is 1.81 bits per heavy atom. The molecule has 0 bridgehead atoms. The van der Waals surface area contributed by atoms with Crippen molar-refractivity contribution in [2.75, 3.05) is 36.4 Å². The first-order chi connectivity index (χ1) is 13.2. The van der Waals surface area contributed by atoms with Crippen LogP contribution in [-0.2, 0) is 6.42 Å². The van der Waals surface area contributed by atoms with Crippen LogP contribution in [0, 0.1) is 13.8 Å². The number of piperazine rings is 1. The molecule has 1 fully saturated rings. The first kappa shape index (κ1) is 16.7. The molecule has 0 radical (unpaired) electrons. The number of nitrogens with zero attached hydrogens (tertiary/aromatic N) is 3. The SMILES string of the molecule is Cc1ccc(C)c(N2CCN(C3=NC4CCCc5cccc(c54)N3)CC2)c1. The zero-order valence-corrected chi connectivity index (χ0v) is 16.3. The van der Waals surface area contributed by atoms with Gasteiger partial charge in [-0.05, 0) is 61.9 Å². The van der Waals surface area contributed by atoms with E-state index in [2.05, 4.69) is 65.4 Å². The average molecular weight is 361 g/mol. The molecule has 5 rings (SSSR count). The first-order valence-electron chi connectivity index (χ1n) is 10.2. The molecule has 2 aromatic rings. The van der Waals surface area contributed by atoms with Gasteiger partial charge in [-0.15, -0.1) is 0 Å². The highest BCUT2D eigenvalue weighted by atomic mass is 15.4. The minimum absolute atomic E-state index is 0.346. The molecule has 140 valence electrons. The van der Waals surface area contributed by atoms with Gasteiger partial charge in [-0.1, -0.05) is 24.3 Å². The molecule has 3 aliphatic rings. The second kappa shape index (κ2) is 6.59. The number of aryl methyl sites for hydroxylation is 3. The van der Waals surface area contributed by atoms with Crippen molar-refractivity contribution >= 4 is 17.3 Å². The summed E-state index contributed by atoms with van der Waals surface area (Å²) in [5, 5.41) is 3.64. The predicted octanol–water partition coefficient (Wildman–Crippen LogP) is 4.28. The highest BCUT2D eigenvalue weighted by Gasteiger charge is 2.30. The molecule has 0 aromatic heterocycles. The summed E-state index contributed by atoms with van der Waals surface area (Å²) >= 11 is 0. The van der Waals surface area contributed by atoms with Gasteiger partial charge in [-0.25, -0.2) is 4.99 Å². The van der Waals surface area contributed by atoms with E-state index in [-0.39, 0.29) is 0 Å². The Bertz CT molecular complexity index is 893. The van der Waals surface area contributed by atoms with Crippen LogP contribution in [0.15, 0.2) is 41.4 Å². The molecule has 2 aromatic carbocycles. The van der Waals surface area contributed by atoms with E-state index < -0.39 is 0 Å². The number of hydrogen-bond acceptors (Lipinski definition) is 4. The predicted molar refractivity (Wildman–Crippen MR) is 113 cm³/mol. The number of hydrogen-bond donors (Lipinski definition) is 1. The van der Waals surface area contributed by atoms with Gasteiger partial charge in [0.2, 0.25) is 0 Å². The van der Waals surface area contributed by atoms with Crippen molar-refractivity contribution in [2.24, 2.45) is 4.99 Å². The lowest BCUT2D eigenvalue weighted by atomic mass is 9.86. The minimum Gasteiger partial charge on any atom is -0.368 e. The van der Waals surface area contributed by atoms with E-state index >= 15 is 0 Å². The fraction of sp³-hybridized carbons (Fsp3) is 0.435. The van der Waals surface area contributed by atoms with Crippen molar-refractivity contribution in [3.63, 3.8) is 0 Å². The molecule has 2 heterocycles. The summed E-state index contributed by atoms with van der Waals surface area (Å²) < 4.78 is 0. The second-order valence-electron chi connectivity index (χ2n) is 8.13. The lowest BCUT2D eigenvalue weighted by Gasteiger charge is -2.40. The van der Waals surface area contributed by atoms with Crippen molar-refractivity contribution in [2.45, 2.75) is 39.2 Å². The van der Waals surface area contributed by atoms with Crippen LogP contribution in [0.4, 0.5) is 11.4 Å². The third-order valence-corrected chi connectivity index (χ3v) is 6.26. The standard InChI is InChI=1S/C23H28N4/c1-16-9-10-17(2)21(15-16)26-11-13-27(14-12-26)23-24-19-7-3-5-18-6-4-8-20(25-23)22(18)19/h3,5,7,9-10,15,20H,4,6,8,11-14H2,1-2H3,(H,24,25). The molecular formula is C23H28N4. The third-order valence-electron chi connectivity index (χ3n) is 6.26. The lowest BCUT2D eigenvalue weighted by Crippen LogP contribution is -2.51. The molecule has 0 saturated carbocycles. The Balaban J connectivity index is 1.33. The molecular weight excluding hydrogens is 332 g/mol. The topological polar surface area (TPSA) is 30.9 Å². The van der Waals surface area contributed by atoms with Gasteiger partial charge in [0.15, 0.2) is 5.96 Å². The van der Waals surface area contributed by atoms with Gasteiger partial charge in [0.25, 0.3) is 0 Å². The maximum absolute atomic E-state index is 5.12. The summed E-state index contributed by atoms with van der Waals surface area (Å²) in [6.07, 6.45) is 3.62. The number of nitrogens with one attached hydrogen (secondary N) is 1. The van der Waals surface area contributed by atoms with Crippen LogP contribution in [0.5, 0.6) is 0 Å². The minimum atomic E-state index is 0.346. The van der Waals surface area contributed by atoms with Crippen LogP contribution in [-0.4, -0.2) is 37.0 Å². The lowest BCUT2D eigenvalue weighted by molar-refractivity contribution is 0.379. The Morgan fingerprint density at radius 1 is 1.00 bits per heavy atom. The molecule has 1 unspecified atom stereocenters. The molecule has 1 atom stereocenters. The van der Waals surface area contributed by atoms with E-state index in [0.717, 1.165) is 32.1 Å². The van der Waals surface area contributed by atoms with E-state index in [9.17, 15) is 0 Å². The van der Waals surface area contributed by atoms with Gasteiger partial charge >= 0.3 is 0 Å². The Morgan fingerprint density at radius 3 is 2.67 bits per heavy atom. The van der Waals surface area contributed by atoms with Gasteiger partial charge in [0.1, 0.15) is 0 Å². The van der Waals surface area contributed by atoms with Gasteiger partial charge in [-0.2, -0.15) is 0 Å². The van der Waals surface area contributed by atoms with Crippen LogP contribution < -0.4 is 10.2 Å². The smallest absolute Gasteiger partial charge is 0.199 e. The van der Waals surface area contributed by atoms with E-state index in [0.29, 0.717) is 6.04 Å². The fourth-order valence-electron chi connectivity index (χ4n) is 4.77. The molecule has 1 aliphatic carbocycles. The zero-order chi connectivity index (χ0) is 18.4. The first-order valence-corrected chi connectivity index (χ1v) is 10.2. The molecule has 2 aliphatic heterocycles. The highest BCUT2D eigenvalue weighted by molar-refractivity contribution is 5.96. The molecule has 1 N–H and O–H groups in total. The fourth-order valence-corrected chi connectivity index (χ4v) is 4.77. The maximum atomic E-state index is 5.12. The van der Waals surface area contributed by atoms with Crippen LogP contribution >= 0.6 is 0 Å². The van der Waals surface area contributed by atoms with Crippen LogP contribution in [0.3, 0.4) is 0 Å². The number of anilines is 2. The van der Waals surface area contributed by atoms with E-state index in [4.69, 9.17) is 4.99 Å². The summed E-state index contributed by atoms with van der Waals surface area (Å²) in [6, 6.07) is 13.8. The van der Waals surface area contributed by atoms with Gasteiger partial charge in [0.05, 0.1) is 6.04 Å². The zero-order valence-electron chi connectivity index (χ0n) is 16.3. The number of benzene rings is 2. The van der Waals surface area contributed by atoms with Crippen molar-refractivity contribution in [1.29, 1.82) is 0 Å². The normalized spacial score (nSPS) is 21.4. The Hall–Kier alpha value is -2.49. The number of guanidine groups is 1. The van der Waals surface area contributed by atoms with Crippen molar-refractivity contribution < 1.29 is 0 Å². The summed E-state index contributed by atoms with van der Waals surface area (Å²) in [5.41, 5.74) is 8.29. The van der Waals surface area contributed by atoms with Crippen molar-refractivity contribution in [3.05, 3.63) is 58.7 Å². The largest absolute Gasteiger partial charge is 0.368 e. The molecule has 0 spiro atoms. The van der Waals surface area contributed by atoms with Crippen LogP contribution in [0.1, 0.15) is 41.1 Å². The van der Waals surface area contributed by atoms with E-state index in [1.165, 1.54) is 52.9 Å². The van der Waals surface area contributed by atoms with Gasteiger partial charge < -0.3 is 15.1 Å². The summed E-state index contributed by atoms with van der Waals surface area (Å²) in [6.45, 7) is 8.51. The molecule has 4 heteroatoms. The van der Waals surface area contributed by atoms with Crippen molar-refractivity contribution in [1.82, 2.24) is 4.90 Å². The molecule has 27 heavy (non-hydrogen) atoms. The van der Waals surface area contributed by atoms with Crippen molar-refractivity contribution in [3.8, 4) is 0 Å². The Labute approximate surface area is 161 Å². The molecule has 0 amide bonds. The summed E-state index contributed by atoms with van der Waals surface area (Å²) in [5.74, 6) is 1.08.